The second-order valence-corrected chi connectivity index (χ2v) is 10.7. The first-order valence-electron chi connectivity index (χ1n) is 13.1. The van der Waals surface area contributed by atoms with E-state index in [1.54, 1.807) is 0 Å². The van der Waals surface area contributed by atoms with Crippen LogP contribution in [0.1, 0.15) is 40.4 Å². The Labute approximate surface area is 232 Å². The molecule has 0 bridgehead atoms. The number of rotatable bonds is 9. The third-order valence-corrected chi connectivity index (χ3v) is 7.66. The van der Waals surface area contributed by atoms with E-state index >= 15 is 0 Å². The molecule has 0 aliphatic carbocycles. The lowest BCUT2D eigenvalue weighted by Crippen LogP contribution is -2.49. The van der Waals surface area contributed by atoms with Crippen LogP contribution in [0.4, 0.5) is 0 Å². The third kappa shape index (κ3) is 6.47. The van der Waals surface area contributed by atoms with Crippen LogP contribution in [0.3, 0.4) is 0 Å². The first kappa shape index (κ1) is 27.3. The zero-order valence-electron chi connectivity index (χ0n) is 21.6. The van der Waals surface area contributed by atoms with E-state index in [9.17, 15) is 20.1 Å². The fourth-order valence-corrected chi connectivity index (χ4v) is 5.53. The molecule has 2 atom stereocenters. The molecule has 206 valence electrons. The highest BCUT2D eigenvalue weighted by atomic mass is 35.5. The third-order valence-electron chi connectivity index (χ3n) is 7.43. The Hall–Kier alpha value is -3.30. The average molecular weight is 553 g/mol. The molecule has 0 radical (unpaired) electrons. The van der Waals surface area contributed by atoms with Gasteiger partial charge in [-0.2, -0.15) is 0 Å². The molecule has 4 N–H and O–H groups in total. The quantitative estimate of drug-likeness (QED) is 0.320. The van der Waals surface area contributed by atoms with Crippen molar-refractivity contribution in [1.29, 1.82) is 0 Å². The Morgan fingerprint density at radius 2 is 1.87 bits per heavy atom. The van der Waals surface area contributed by atoms with E-state index in [0.717, 1.165) is 49.2 Å². The molecule has 1 amide bonds. The van der Waals surface area contributed by atoms with Gasteiger partial charge in [0.25, 0.3) is 5.91 Å². The van der Waals surface area contributed by atoms with Crippen molar-refractivity contribution in [2.75, 3.05) is 32.8 Å². The monoisotopic (exact) mass is 552 g/mol. The highest BCUT2D eigenvalue weighted by molar-refractivity contribution is 6.30. The van der Waals surface area contributed by atoms with Crippen LogP contribution in [-0.2, 0) is 6.42 Å². The summed E-state index contributed by atoms with van der Waals surface area (Å²) < 4.78 is 12.1. The number of ether oxygens (including phenoxy) is 2. The Kier molecular flexibility index (Phi) is 8.28. The number of hydrogen-bond donors (Lipinski definition) is 4. The van der Waals surface area contributed by atoms with Crippen molar-refractivity contribution in [3.8, 4) is 17.2 Å². The summed E-state index contributed by atoms with van der Waals surface area (Å²) in [7, 11) is 0. The number of phenols is 1. The molecule has 0 saturated carbocycles. The number of piperidine rings is 1. The molecule has 1 unspecified atom stereocenters. The minimum Gasteiger partial charge on any atom is -0.508 e. The van der Waals surface area contributed by atoms with Gasteiger partial charge in [0.15, 0.2) is 0 Å². The highest BCUT2D eigenvalue weighted by Crippen LogP contribution is 2.42. The molecule has 8 nitrogen and oxygen atoms in total. The fraction of sp³-hybridized carbons (Fsp3) is 0.367. The van der Waals surface area contributed by atoms with Gasteiger partial charge in [-0.05, 0) is 41.5 Å². The summed E-state index contributed by atoms with van der Waals surface area (Å²) in [5.41, 5.74) is 1.89. The van der Waals surface area contributed by atoms with Gasteiger partial charge in [0.05, 0.1) is 18.2 Å². The number of hydrogen-bond acceptors (Lipinski definition) is 7. The van der Waals surface area contributed by atoms with Crippen LogP contribution in [0.15, 0.2) is 66.7 Å². The van der Waals surface area contributed by atoms with Crippen molar-refractivity contribution < 1.29 is 29.6 Å². The van der Waals surface area contributed by atoms with Gasteiger partial charge in [-0.1, -0.05) is 41.9 Å². The van der Waals surface area contributed by atoms with Gasteiger partial charge in [0.2, 0.25) is 0 Å². The van der Waals surface area contributed by atoms with Crippen molar-refractivity contribution in [2.45, 2.75) is 37.0 Å². The van der Waals surface area contributed by atoms with Crippen molar-refractivity contribution in [3.05, 3.63) is 88.4 Å². The van der Waals surface area contributed by atoms with Crippen molar-refractivity contribution >= 4 is 17.5 Å². The van der Waals surface area contributed by atoms with E-state index in [4.69, 9.17) is 21.1 Å². The topological polar surface area (TPSA) is 111 Å². The first-order valence-corrected chi connectivity index (χ1v) is 13.5. The summed E-state index contributed by atoms with van der Waals surface area (Å²) in [5.74, 6) is 0.548. The van der Waals surface area contributed by atoms with Crippen LogP contribution in [0.5, 0.6) is 17.2 Å². The van der Waals surface area contributed by atoms with Gasteiger partial charge >= 0.3 is 0 Å². The maximum atomic E-state index is 13.0. The maximum absolute atomic E-state index is 13.0. The second kappa shape index (κ2) is 11.8. The van der Waals surface area contributed by atoms with Crippen molar-refractivity contribution in [2.24, 2.45) is 0 Å². The molecule has 3 aromatic rings. The molecule has 2 aliphatic rings. The van der Waals surface area contributed by atoms with Gasteiger partial charge in [-0.25, -0.2) is 0 Å². The van der Waals surface area contributed by atoms with E-state index in [1.807, 2.05) is 48.5 Å². The van der Waals surface area contributed by atoms with Crippen molar-refractivity contribution in [3.63, 3.8) is 0 Å². The van der Waals surface area contributed by atoms with Gasteiger partial charge in [0.1, 0.15) is 35.6 Å². The highest BCUT2D eigenvalue weighted by Gasteiger charge is 2.42. The number of carbonyl (C=O) groups is 1. The zero-order chi connectivity index (χ0) is 27.4. The van der Waals surface area contributed by atoms with Gasteiger partial charge < -0.3 is 35.0 Å². The zero-order valence-corrected chi connectivity index (χ0v) is 22.3. The van der Waals surface area contributed by atoms with Crippen LogP contribution >= 0.6 is 11.6 Å². The summed E-state index contributed by atoms with van der Waals surface area (Å²) in [6, 6.07) is 18.5. The molecule has 39 heavy (non-hydrogen) atoms. The molecular weight excluding hydrogens is 520 g/mol. The van der Waals surface area contributed by atoms with Gasteiger partial charge in [-0.15, -0.1) is 0 Å². The molecule has 1 saturated heterocycles. The lowest BCUT2D eigenvalue weighted by atomic mass is 9.87. The molecule has 1 spiro atoms. The standard InChI is InChI=1S/C30H33ClN2O6/c31-22-6-9-27-21(14-22)16-30(39-27)10-12-33(13-11-30)17-24(36)19-38-28-15-23(35)7-8-25(28)29(37)32-26(18-34)20-4-2-1-3-5-20/h1-9,14-15,24,26,34-36H,10-13,16-19H2,(H,32,37)/t24-,26?/m0/s1. The largest absolute Gasteiger partial charge is 0.508 e. The number of nitrogens with zero attached hydrogens (tertiary/aromatic N) is 1. The Morgan fingerprint density at radius 1 is 1.10 bits per heavy atom. The Balaban J connectivity index is 1.14. The van der Waals surface area contributed by atoms with Gasteiger partial charge in [-0.3, -0.25) is 4.79 Å². The van der Waals surface area contributed by atoms with Crippen LogP contribution in [0.25, 0.3) is 0 Å². The number of aliphatic hydroxyl groups is 2. The smallest absolute Gasteiger partial charge is 0.255 e. The molecule has 2 heterocycles. The molecule has 1 fully saturated rings. The number of nitrogens with one attached hydrogen (secondary N) is 1. The SMILES string of the molecule is O=C(NC(CO)c1ccccc1)c1ccc(O)cc1OC[C@@H](O)CN1CCC2(CC1)Cc1cc(Cl)ccc1O2. The first-order chi connectivity index (χ1) is 18.8. The summed E-state index contributed by atoms with van der Waals surface area (Å²) in [4.78, 5) is 15.2. The van der Waals surface area contributed by atoms with Crippen LogP contribution < -0.4 is 14.8 Å². The van der Waals surface area contributed by atoms with Gasteiger partial charge in [0, 0.05) is 50.0 Å². The molecule has 0 aromatic heterocycles. The lowest BCUT2D eigenvalue weighted by Gasteiger charge is -2.39. The number of halogens is 1. The number of benzene rings is 3. The minimum absolute atomic E-state index is 0.0477. The summed E-state index contributed by atoms with van der Waals surface area (Å²) in [6.07, 6.45) is 1.73. The molecule has 5 rings (SSSR count). The summed E-state index contributed by atoms with van der Waals surface area (Å²) >= 11 is 6.15. The number of carbonyl (C=O) groups excluding carboxylic acids is 1. The van der Waals surface area contributed by atoms with Crippen LogP contribution in [0.2, 0.25) is 5.02 Å². The normalized spacial score (nSPS) is 17.7. The number of aliphatic hydroxyl groups excluding tert-OH is 2. The van der Waals surface area contributed by atoms with E-state index < -0.39 is 18.1 Å². The van der Waals surface area contributed by atoms with Crippen molar-refractivity contribution in [1.82, 2.24) is 10.2 Å². The number of β-amino-alcohol motifs (C(OH)–C–C–N with tert-alkyl or cyclic N) is 1. The lowest BCUT2D eigenvalue weighted by molar-refractivity contribution is -0.00201. The van der Waals surface area contributed by atoms with E-state index in [2.05, 4.69) is 10.2 Å². The average Bonchev–Trinajstić information content (AvgIpc) is 3.29. The van der Waals surface area contributed by atoms with E-state index in [0.29, 0.717) is 11.6 Å². The Morgan fingerprint density at radius 3 is 2.62 bits per heavy atom. The number of fused-ring (bicyclic) bond motifs is 1. The molecule has 3 aromatic carbocycles. The number of aromatic hydroxyl groups is 1. The number of amides is 1. The minimum atomic E-state index is -0.799. The number of likely N-dealkylation sites (tertiary alicyclic amines) is 1. The fourth-order valence-electron chi connectivity index (χ4n) is 5.33. The predicted molar refractivity (Wildman–Crippen MR) is 148 cm³/mol. The predicted octanol–water partition coefficient (Wildman–Crippen LogP) is 3.72. The van der Waals surface area contributed by atoms with E-state index in [1.165, 1.54) is 18.2 Å². The molecular formula is C30H33ClN2O6. The summed E-state index contributed by atoms with van der Waals surface area (Å²) in [6.45, 7) is 1.65. The van der Waals surface area contributed by atoms with Crippen LogP contribution in [0, 0.1) is 0 Å². The molecule has 2 aliphatic heterocycles. The Bertz CT molecular complexity index is 1300. The number of phenolic OH excluding ortho intramolecular Hbond substituents is 1. The summed E-state index contributed by atoms with van der Waals surface area (Å²) in [5, 5.41) is 34.0. The maximum Gasteiger partial charge on any atom is 0.255 e. The molecule has 9 heteroatoms. The van der Waals surface area contributed by atoms with E-state index in [-0.39, 0.29) is 35.9 Å². The second-order valence-electron chi connectivity index (χ2n) is 10.3. The van der Waals surface area contributed by atoms with Crippen LogP contribution in [-0.4, -0.2) is 70.7 Å².